The number of aryl methyl sites for hydroxylation is 1. The fourth-order valence-electron chi connectivity index (χ4n) is 2.40. The minimum atomic E-state index is -0.491. The van der Waals surface area contributed by atoms with Crippen molar-refractivity contribution in [3.8, 4) is 0 Å². The summed E-state index contributed by atoms with van der Waals surface area (Å²) in [4.78, 5) is 25.3. The average molecular weight is 278 g/mol. The van der Waals surface area contributed by atoms with Crippen LogP contribution >= 0.6 is 0 Å². The lowest BCUT2D eigenvalue weighted by Gasteiger charge is -2.21. The summed E-state index contributed by atoms with van der Waals surface area (Å²) in [6.07, 6.45) is 1.44. The van der Waals surface area contributed by atoms with Gasteiger partial charge in [0.05, 0.1) is 5.56 Å². The maximum absolute atomic E-state index is 13.8. The fourth-order valence-corrected chi connectivity index (χ4v) is 2.40. The molecule has 108 valence electrons. The Hall–Kier alpha value is -1.91. The van der Waals surface area contributed by atoms with Gasteiger partial charge in [0.25, 0.3) is 5.91 Å². The zero-order valence-electron chi connectivity index (χ0n) is 11.8. The van der Waals surface area contributed by atoms with Gasteiger partial charge >= 0.3 is 0 Å². The second kappa shape index (κ2) is 6.03. The predicted octanol–water partition coefficient (Wildman–Crippen LogP) is 1.87. The highest BCUT2D eigenvalue weighted by molar-refractivity contribution is 5.94. The fraction of sp³-hybridized carbons (Fsp3) is 0.467. The minimum absolute atomic E-state index is 0.0459. The molecule has 1 saturated heterocycles. The van der Waals surface area contributed by atoms with Crippen LogP contribution < -0.4 is 5.32 Å². The predicted molar refractivity (Wildman–Crippen MR) is 73.9 cm³/mol. The number of likely N-dealkylation sites (tertiary alicyclic amines) is 1. The lowest BCUT2D eigenvalue weighted by molar-refractivity contribution is -0.127. The van der Waals surface area contributed by atoms with E-state index in [4.69, 9.17) is 0 Å². The van der Waals surface area contributed by atoms with Gasteiger partial charge in [-0.05, 0) is 31.9 Å². The first-order chi connectivity index (χ1) is 9.49. The zero-order chi connectivity index (χ0) is 14.7. The molecule has 0 saturated carbocycles. The van der Waals surface area contributed by atoms with Crippen molar-refractivity contribution in [3.63, 3.8) is 0 Å². The Bertz CT molecular complexity index is 531. The Morgan fingerprint density at radius 2 is 2.25 bits per heavy atom. The van der Waals surface area contributed by atoms with Crippen LogP contribution in [0.3, 0.4) is 0 Å². The van der Waals surface area contributed by atoms with Crippen LogP contribution in [-0.4, -0.2) is 35.8 Å². The van der Waals surface area contributed by atoms with Crippen LogP contribution in [0.5, 0.6) is 0 Å². The maximum Gasteiger partial charge on any atom is 0.254 e. The van der Waals surface area contributed by atoms with Crippen LogP contribution in [0.4, 0.5) is 4.39 Å². The Balaban J connectivity index is 1.97. The molecule has 4 nitrogen and oxygen atoms in total. The van der Waals surface area contributed by atoms with Crippen LogP contribution in [-0.2, 0) is 4.79 Å². The number of benzene rings is 1. The molecule has 1 unspecified atom stereocenters. The Morgan fingerprint density at radius 1 is 1.50 bits per heavy atom. The van der Waals surface area contributed by atoms with Crippen molar-refractivity contribution in [1.82, 2.24) is 10.2 Å². The van der Waals surface area contributed by atoms with Gasteiger partial charge in [-0.2, -0.15) is 0 Å². The molecule has 0 aromatic heterocycles. The van der Waals surface area contributed by atoms with Gasteiger partial charge in [0.2, 0.25) is 5.91 Å². The van der Waals surface area contributed by atoms with Crippen molar-refractivity contribution in [3.05, 3.63) is 35.1 Å². The number of carbonyl (C=O) groups excluding carboxylic acids is 2. The molecule has 20 heavy (non-hydrogen) atoms. The molecule has 1 aromatic carbocycles. The number of amides is 2. The number of halogens is 1. The summed E-state index contributed by atoms with van der Waals surface area (Å²) < 4.78 is 13.8. The van der Waals surface area contributed by atoms with Gasteiger partial charge in [-0.25, -0.2) is 4.39 Å². The molecular weight excluding hydrogens is 259 g/mol. The summed E-state index contributed by atoms with van der Waals surface area (Å²) >= 11 is 0. The van der Waals surface area contributed by atoms with Crippen molar-refractivity contribution in [2.24, 2.45) is 0 Å². The van der Waals surface area contributed by atoms with Gasteiger partial charge in [-0.15, -0.1) is 0 Å². The molecule has 1 aliphatic rings. The van der Waals surface area contributed by atoms with E-state index in [1.165, 1.54) is 6.07 Å². The highest BCUT2D eigenvalue weighted by atomic mass is 19.1. The molecule has 1 aliphatic heterocycles. The monoisotopic (exact) mass is 278 g/mol. The van der Waals surface area contributed by atoms with Crippen molar-refractivity contribution in [2.75, 3.05) is 13.1 Å². The molecule has 1 atom stereocenters. The van der Waals surface area contributed by atoms with Gasteiger partial charge in [-0.3, -0.25) is 9.59 Å². The zero-order valence-corrected chi connectivity index (χ0v) is 11.8. The van der Waals surface area contributed by atoms with E-state index in [-0.39, 0.29) is 17.5 Å². The number of hydrogen-bond donors (Lipinski definition) is 1. The Kier molecular flexibility index (Phi) is 4.37. The van der Waals surface area contributed by atoms with Crippen LogP contribution in [0.1, 0.15) is 35.7 Å². The molecule has 1 fully saturated rings. The lowest BCUT2D eigenvalue weighted by Crippen LogP contribution is -2.42. The first kappa shape index (κ1) is 14.5. The second-order valence-corrected chi connectivity index (χ2v) is 5.25. The quantitative estimate of drug-likeness (QED) is 0.914. The molecule has 0 bridgehead atoms. The van der Waals surface area contributed by atoms with E-state index in [2.05, 4.69) is 5.32 Å². The van der Waals surface area contributed by atoms with Crippen molar-refractivity contribution >= 4 is 11.8 Å². The Morgan fingerprint density at radius 3 is 2.90 bits per heavy atom. The third-order valence-electron chi connectivity index (χ3n) is 3.48. The van der Waals surface area contributed by atoms with Crippen LogP contribution in [0.25, 0.3) is 0 Å². The molecule has 5 heteroatoms. The normalized spacial score (nSPS) is 16.4. The Labute approximate surface area is 118 Å². The van der Waals surface area contributed by atoms with Crippen molar-refractivity contribution in [2.45, 2.75) is 32.7 Å². The summed E-state index contributed by atoms with van der Waals surface area (Å²) in [5.74, 6) is -0.812. The van der Waals surface area contributed by atoms with Gasteiger partial charge in [0.1, 0.15) is 5.82 Å². The van der Waals surface area contributed by atoms with Gasteiger partial charge in [0.15, 0.2) is 0 Å². The first-order valence-corrected chi connectivity index (χ1v) is 6.83. The van der Waals surface area contributed by atoms with Crippen LogP contribution in [0, 0.1) is 12.7 Å². The minimum Gasteiger partial charge on any atom is -0.348 e. The van der Waals surface area contributed by atoms with Crippen LogP contribution in [0.2, 0.25) is 0 Å². The van der Waals surface area contributed by atoms with Crippen molar-refractivity contribution in [1.29, 1.82) is 0 Å². The number of carbonyl (C=O) groups is 2. The highest BCUT2D eigenvalue weighted by Gasteiger charge is 2.23. The first-order valence-electron chi connectivity index (χ1n) is 6.83. The summed E-state index contributed by atoms with van der Waals surface area (Å²) in [6, 6.07) is 4.54. The van der Waals surface area contributed by atoms with E-state index in [9.17, 15) is 14.0 Å². The number of hydrogen-bond acceptors (Lipinski definition) is 2. The topological polar surface area (TPSA) is 49.4 Å². The van der Waals surface area contributed by atoms with E-state index in [1.807, 2.05) is 6.92 Å². The van der Waals surface area contributed by atoms with E-state index < -0.39 is 11.7 Å². The molecule has 1 N–H and O–H groups in total. The maximum atomic E-state index is 13.8. The summed E-state index contributed by atoms with van der Waals surface area (Å²) in [7, 11) is 0. The molecule has 2 rings (SSSR count). The molecular formula is C15H19FN2O2. The molecule has 0 spiro atoms. The molecule has 0 radical (unpaired) electrons. The van der Waals surface area contributed by atoms with E-state index >= 15 is 0 Å². The summed E-state index contributed by atoms with van der Waals surface area (Å²) in [6.45, 7) is 4.64. The summed E-state index contributed by atoms with van der Waals surface area (Å²) in [5, 5.41) is 2.74. The average Bonchev–Trinajstić information content (AvgIpc) is 2.78. The second-order valence-electron chi connectivity index (χ2n) is 5.25. The summed E-state index contributed by atoms with van der Waals surface area (Å²) in [5.41, 5.74) is 0.490. The number of nitrogens with one attached hydrogen (secondary N) is 1. The van der Waals surface area contributed by atoms with E-state index in [1.54, 1.807) is 24.0 Å². The van der Waals surface area contributed by atoms with E-state index in [0.29, 0.717) is 18.5 Å². The number of nitrogens with zero attached hydrogens (tertiary/aromatic N) is 1. The lowest BCUT2D eigenvalue weighted by atomic mass is 10.1. The smallest absolute Gasteiger partial charge is 0.254 e. The number of rotatable bonds is 4. The van der Waals surface area contributed by atoms with Gasteiger partial charge in [0, 0.05) is 25.6 Å². The SMILES string of the molecule is Cc1cccc(C(=O)NC(C)CN2CCCC2=O)c1F. The third kappa shape index (κ3) is 3.15. The van der Waals surface area contributed by atoms with Gasteiger partial charge in [-0.1, -0.05) is 12.1 Å². The largest absolute Gasteiger partial charge is 0.348 e. The van der Waals surface area contributed by atoms with Gasteiger partial charge < -0.3 is 10.2 Å². The molecule has 1 aromatic rings. The molecule has 0 aliphatic carbocycles. The van der Waals surface area contributed by atoms with Crippen LogP contribution in [0.15, 0.2) is 18.2 Å². The standard InChI is InChI=1S/C15H19FN2O2/c1-10-5-3-6-12(14(10)16)15(20)17-11(2)9-18-8-4-7-13(18)19/h3,5-6,11H,4,7-9H2,1-2H3,(H,17,20). The third-order valence-corrected chi connectivity index (χ3v) is 3.48. The van der Waals surface area contributed by atoms with Crippen molar-refractivity contribution < 1.29 is 14.0 Å². The highest BCUT2D eigenvalue weighted by Crippen LogP contribution is 2.13. The molecule has 1 heterocycles. The molecule has 2 amide bonds. The van der Waals surface area contributed by atoms with E-state index in [0.717, 1.165) is 13.0 Å².